The van der Waals surface area contributed by atoms with Crippen molar-refractivity contribution in [3.63, 3.8) is 0 Å². The molecule has 1 unspecified atom stereocenters. The molecule has 1 atom stereocenters. The number of hydrogen-bond donors (Lipinski definition) is 1. The Balaban J connectivity index is 1.55. The Morgan fingerprint density at radius 3 is 2.74 bits per heavy atom. The van der Waals surface area contributed by atoms with E-state index in [1.807, 2.05) is 6.07 Å². The molecule has 5 nitrogen and oxygen atoms in total. The molecule has 1 fully saturated rings. The van der Waals surface area contributed by atoms with E-state index in [9.17, 15) is 12.8 Å². The molecule has 3 heterocycles. The summed E-state index contributed by atoms with van der Waals surface area (Å²) in [5, 5.41) is 3.37. The van der Waals surface area contributed by atoms with Crippen molar-refractivity contribution in [2.75, 3.05) is 19.3 Å². The van der Waals surface area contributed by atoms with E-state index in [2.05, 4.69) is 10.3 Å². The fraction of sp³-hybridized carbons (Fsp3) is 0.450. The first kappa shape index (κ1) is 18.4. The minimum atomic E-state index is -3.20. The monoisotopic (exact) mass is 390 g/mol. The lowest BCUT2D eigenvalue weighted by Crippen LogP contribution is -2.36. The Labute approximate surface area is 158 Å². The van der Waals surface area contributed by atoms with Crippen molar-refractivity contribution in [3.05, 3.63) is 47.4 Å². The summed E-state index contributed by atoms with van der Waals surface area (Å²) < 4.78 is 43.5. The van der Waals surface area contributed by atoms with Gasteiger partial charge in [0, 0.05) is 23.8 Å². The Kier molecular flexibility index (Phi) is 4.90. The molecule has 2 aliphatic rings. The zero-order chi connectivity index (χ0) is 19.0. The van der Waals surface area contributed by atoms with Gasteiger partial charge in [0.25, 0.3) is 0 Å². The Morgan fingerprint density at radius 1 is 1.26 bits per heavy atom. The molecule has 7 heteroatoms. The average Bonchev–Trinajstić information content (AvgIpc) is 3.04. The summed E-state index contributed by atoms with van der Waals surface area (Å²) in [7, 11) is -3.20. The number of hydrogen-bond acceptors (Lipinski definition) is 5. The molecule has 1 aromatic heterocycles. The average molecular weight is 390 g/mol. The van der Waals surface area contributed by atoms with Gasteiger partial charge in [-0.1, -0.05) is 6.07 Å². The molecule has 144 valence electrons. The topological polar surface area (TPSA) is 68.3 Å². The zero-order valence-electron chi connectivity index (χ0n) is 15.2. The predicted molar refractivity (Wildman–Crippen MR) is 102 cm³/mol. The van der Waals surface area contributed by atoms with Crippen LogP contribution >= 0.6 is 0 Å². The summed E-state index contributed by atoms with van der Waals surface area (Å²) in [5.74, 6) is 0.691. The molecule has 0 radical (unpaired) electrons. The van der Waals surface area contributed by atoms with Gasteiger partial charge in [0.15, 0.2) is 9.84 Å². The van der Waals surface area contributed by atoms with E-state index in [0.717, 1.165) is 49.9 Å². The van der Waals surface area contributed by atoms with Gasteiger partial charge in [0.2, 0.25) is 0 Å². The SMILES string of the molecule is CS(=O)(=O)Cc1ccc(-c2cc3c(cn2)OC(C2CCNCC2)C3)c(F)c1. The van der Waals surface area contributed by atoms with Gasteiger partial charge in [0.1, 0.15) is 17.7 Å². The Hall–Kier alpha value is -1.99. The summed E-state index contributed by atoms with van der Waals surface area (Å²) in [5.41, 5.74) is 2.42. The lowest BCUT2D eigenvalue weighted by Gasteiger charge is -2.27. The molecule has 1 aromatic carbocycles. The summed E-state index contributed by atoms with van der Waals surface area (Å²) in [6, 6.07) is 6.41. The van der Waals surface area contributed by atoms with Crippen LogP contribution in [0.5, 0.6) is 5.75 Å². The lowest BCUT2D eigenvalue weighted by atomic mass is 9.90. The number of halogens is 1. The van der Waals surface area contributed by atoms with Gasteiger partial charge in [-0.2, -0.15) is 0 Å². The van der Waals surface area contributed by atoms with E-state index in [1.54, 1.807) is 18.3 Å². The molecule has 0 bridgehead atoms. The van der Waals surface area contributed by atoms with Crippen LogP contribution in [0.25, 0.3) is 11.3 Å². The van der Waals surface area contributed by atoms with Crippen molar-refractivity contribution in [2.24, 2.45) is 5.92 Å². The van der Waals surface area contributed by atoms with Crippen LogP contribution in [0.4, 0.5) is 4.39 Å². The first-order valence-electron chi connectivity index (χ1n) is 9.22. The predicted octanol–water partition coefficient (Wildman–Crippen LogP) is 2.74. The van der Waals surface area contributed by atoms with Crippen molar-refractivity contribution in [1.29, 1.82) is 0 Å². The fourth-order valence-corrected chi connectivity index (χ4v) is 4.74. The summed E-state index contributed by atoms with van der Waals surface area (Å²) in [4.78, 5) is 4.37. The van der Waals surface area contributed by atoms with Crippen LogP contribution in [0.15, 0.2) is 30.5 Å². The van der Waals surface area contributed by atoms with Gasteiger partial charge in [0.05, 0.1) is 17.6 Å². The number of piperidine rings is 1. The molecule has 0 spiro atoms. The third kappa shape index (κ3) is 4.14. The number of rotatable bonds is 4. The second-order valence-corrected chi connectivity index (χ2v) is 9.65. The van der Waals surface area contributed by atoms with Crippen molar-refractivity contribution in [2.45, 2.75) is 31.1 Å². The molecular formula is C20H23FN2O3S. The highest BCUT2D eigenvalue weighted by Crippen LogP contribution is 2.36. The fourth-order valence-electron chi connectivity index (χ4n) is 3.96. The zero-order valence-corrected chi connectivity index (χ0v) is 16.1. The molecule has 1 N–H and O–H groups in total. The number of sulfone groups is 1. The third-order valence-corrected chi connectivity index (χ3v) is 6.15. The van der Waals surface area contributed by atoms with Gasteiger partial charge in [-0.05, 0) is 55.6 Å². The van der Waals surface area contributed by atoms with Crippen molar-refractivity contribution < 1.29 is 17.5 Å². The number of ether oxygens (including phenoxy) is 1. The molecule has 0 saturated carbocycles. The van der Waals surface area contributed by atoms with Crippen molar-refractivity contribution >= 4 is 9.84 Å². The largest absolute Gasteiger partial charge is 0.488 e. The van der Waals surface area contributed by atoms with Crippen LogP contribution < -0.4 is 10.1 Å². The quantitative estimate of drug-likeness (QED) is 0.869. The van der Waals surface area contributed by atoms with Gasteiger partial charge in [-0.25, -0.2) is 12.8 Å². The van der Waals surface area contributed by atoms with Crippen LogP contribution in [-0.2, 0) is 22.0 Å². The van der Waals surface area contributed by atoms with Crippen LogP contribution in [-0.4, -0.2) is 38.9 Å². The molecule has 2 aromatic rings. The van der Waals surface area contributed by atoms with E-state index in [1.165, 1.54) is 6.07 Å². The third-order valence-electron chi connectivity index (χ3n) is 5.30. The number of nitrogens with one attached hydrogen (secondary N) is 1. The maximum Gasteiger partial charge on any atom is 0.151 e. The normalized spacial score (nSPS) is 20.3. The highest BCUT2D eigenvalue weighted by atomic mass is 32.2. The number of fused-ring (bicyclic) bond motifs is 1. The second-order valence-electron chi connectivity index (χ2n) is 7.51. The lowest BCUT2D eigenvalue weighted by molar-refractivity contribution is 0.133. The highest BCUT2D eigenvalue weighted by Gasteiger charge is 2.31. The minimum absolute atomic E-state index is 0.168. The van der Waals surface area contributed by atoms with E-state index in [0.29, 0.717) is 22.7 Å². The van der Waals surface area contributed by atoms with E-state index in [-0.39, 0.29) is 11.9 Å². The maximum atomic E-state index is 14.6. The van der Waals surface area contributed by atoms with Crippen LogP contribution in [0.3, 0.4) is 0 Å². The maximum absolute atomic E-state index is 14.6. The van der Waals surface area contributed by atoms with Gasteiger partial charge < -0.3 is 10.1 Å². The molecule has 27 heavy (non-hydrogen) atoms. The van der Waals surface area contributed by atoms with Gasteiger partial charge in [-0.15, -0.1) is 0 Å². The van der Waals surface area contributed by atoms with Gasteiger partial charge in [-0.3, -0.25) is 4.98 Å². The van der Waals surface area contributed by atoms with Gasteiger partial charge >= 0.3 is 0 Å². The van der Waals surface area contributed by atoms with Crippen molar-refractivity contribution in [1.82, 2.24) is 10.3 Å². The molecular weight excluding hydrogens is 367 g/mol. The molecule has 4 rings (SSSR count). The summed E-state index contributed by atoms with van der Waals surface area (Å²) in [6.07, 6.45) is 6.02. The number of pyridine rings is 1. The standard InChI is InChI=1S/C20H23FN2O3S/c1-27(24,25)12-13-2-3-16(17(21)8-13)18-9-15-10-19(26-20(15)11-23-18)14-4-6-22-7-5-14/h2-3,8-9,11,14,19,22H,4-7,10,12H2,1H3. The molecule has 0 amide bonds. The molecule has 0 aliphatic carbocycles. The first-order valence-corrected chi connectivity index (χ1v) is 11.3. The van der Waals surface area contributed by atoms with Crippen LogP contribution in [0, 0.1) is 11.7 Å². The number of nitrogens with zero attached hydrogens (tertiary/aromatic N) is 1. The van der Waals surface area contributed by atoms with Crippen molar-refractivity contribution in [3.8, 4) is 17.0 Å². The molecule has 2 aliphatic heterocycles. The highest BCUT2D eigenvalue weighted by molar-refractivity contribution is 7.89. The Bertz CT molecular complexity index is 956. The van der Waals surface area contributed by atoms with E-state index >= 15 is 0 Å². The van der Waals surface area contributed by atoms with Crippen LogP contribution in [0.2, 0.25) is 0 Å². The van der Waals surface area contributed by atoms with Crippen LogP contribution in [0.1, 0.15) is 24.0 Å². The minimum Gasteiger partial charge on any atom is -0.488 e. The number of benzene rings is 1. The summed E-state index contributed by atoms with van der Waals surface area (Å²) >= 11 is 0. The smallest absolute Gasteiger partial charge is 0.151 e. The molecule has 1 saturated heterocycles. The van der Waals surface area contributed by atoms with E-state index < -0.39 is 15.7 Å². The Morgan fingerprint density at radius 2 is 2.04 bits per heavy atom. The van der Waals surface area contributed by atoms with E-state index in [4.69, 9.17) is 4.74 Å². The second kappa shape index (κ2) is 7.20. The first-order chi connectivity index (χ1) is 12.9. The number of aromatic nitrogens is 1. The summed E-state index contributed by atoms with van der Waals surface area (Å²) in [6.45, 7) is 2.05.